The fourth-order valence-electron chi connectivity index (χ4n) is 1.34. The number of carbonyl (C=O) groups excluding carboxylic acids is 1. The molecule has 0 atom stereocenters. The minimum absolute atomic E-state index is 0.173. The third kappa shape index (κ3) is 3.21. The van der Waals surface area contributed by atoms with Crippen LogP contribution in [-0.2, 0) is 0 Å². The van der Waals surface area contributed by atoms with Gasteiger partial charge in [-0.3, -0.25) is 4.79 Å². The molecule has 0 N–H and O–H groups in total. The molecule has 15 heavy (non-hydrogen) atoms. The zero-order chi connectivity index (χ0) is 11.3. The van der Waals surface area contributed by atoms with Gasteiger partial charge >= 0.3 is 0 Å². The first-order valence-corrected chi connectivity index (χ1v) is 4.88. The Kier molecular flexibility index (Phi) is 4.05. The standard InChI is InChI=1S/C13H13FO/c1-3-4-5-6-13(15)11-9-10(2)7-8-12(11)14/h1,7-9H,4-6H2,2H3. The molecule has 1 rings (SSSR count). The van der Waals surface area contributed by atoms with Crippen LogP contribution in [0.2, 0.25) is 0 Å². The molecule has 78 valence electrons. The van der Waals surface area contributed by atoms with E-state index in [0.717, 1.165) is 5.56 Å². The third-order valence-electron chi connectivity index (χ3n) is 2.15. The number of rotatable bonds is 4. The van der Waals surface area contributed by atoms with E-state index in [9.17, 15) is 9.18 Å². The molecule has 0 aliphatic heterocycles. The second-order valence-corrected chi connectivity index (χ2v) is 3.46. The summed E-state index contributed by atoms with van der Waals surface area (Å²) in [6, 6.07) is 4.55. The molecular formula is C13H13FO. The van der Waals surface area contributed by atoms with Crippen molar-refractivity contribution in [3.63, 3.8) is 0 Å². The van der Waals surface area contributed by atoms with Crippen molar-refractivity contribution < 1.29 is 9.18 Å². The van der Waals surface area contributed by atoms with Gasteiger partial charge in [-0.1, -0.05) is 11.6 Å². The smallest absolute Gasteiger partial charge is 0.165 e. The summed E-state index contributed by atoms with van der Waals surface area (Å²) in [5, 5.41) is 0. The van der Waals surface area contributed by atoms with Crippen LogP contribution < -0.4 is 0 Å². The van der Waals surface area contributed by atoms with Gasteiger partial charge in [-0.2, -0.15) is 0 Å². The molecule has 0 saturated heterocycles. The maximum atomic E-state index is 13.3. The van der Waals surface area contributed by atoms with Gasteiger partial charge in [0.2, 0.25) is 0 Å². The van der Waals surface area contributed by atoms with E-state index in [2.05, 4.69) is 5.92 Å². The first kappa shape index (κ1) is 11.5. The molecule has 0 aromatic heterocycles. The Bertz CT molecular complexity index is 401. The fraction of sp³-hybridized carbons (Fsp3) is 0.308. The average molecular weight is 204 g/mol. The summed E-state index contributed by atoms with van der Waals surface area (Å²) >= 11 is 0. The lowest BCUT2D eigenvalue weighted by Gasteiger charge is -2.02. The molecule has 0 amide bonds. The number of halogens is 1. The van der Waals surface area contributed by atoms with Crippen LogP contribution in [0.15, 0.2) is 18.2 Å². The third-order valence-corrected chi connectivity index (χ3v) is 2.15. The Balaban J connectivity index is 2.73. The van der Waals surface area contributed by atoms with Crippen molar-refractivity contribution >= 4 is 5.78 Å². The maximum Gasteiger partial charge on any atom is 0.165 e. The summed E-state index contributed by atoms with van der Waals surface area (Å²) in [6.07, 6.45) is 6.55. The number of Topliss-reactive ketones (excluding diaryl/α,β-unsaturated/α-hetero) is 1. The number of terminal acetylenes is 1. The molecule has 1 nitrogen and oxygen atoms in total. The predicted octanol–water partition coefficient (Wildman–Crippen LogP) is 3.12. The molecule has 0 aliphatic carbocycles. The maximum absolute atomic E-state index is 13.3. The quantitative estimate of drug-likeness (QED) is 0.418. The summed E-state index contributed by atoms with van der Waals surface area (Å²) in [7, 11) is 0. The van der Waals surface area contributed by atoms with Crippen LogP contribution in [0.3, 0.4) is 0 Å². The van der Waals surface area contributed by atoms with E-state index in [0.29, 0.717) is 19.3 Å². The number of hydrogen-bond acceptors (Lipinski definition) is 1. The fourth-order valence-corrected chi connectivity index (χ4v) is 1.34. The van der Waals surface area contributed by atoms with Gasteiger partial charge in [0.15, 0.2) is 5.78 Å². The number of hydrogen-bond donors (Lipinski definition) is 0. The largest absolute Gasteiger partial charge is 0.294 e. The molecule has 1 aromatic carbocycles. The zero-order valence-electron chi connectivity index (χ0n) is 8.72. The van der Waals surface area contributed by atoms with Crippen molar-refractivity contribution in [3.05, 3.63) is 35.1 Å². The molecule has 0 bridgehead atoms. The Morgan fingerprint density at radius 2 is 2.27 bits per heavy atom. The van der Waals surface area contributed by atoms with Gasteiger partial charge in [-0.15, -0.1) is 12.3 Å². The summed E-state index contributed by atoms with van der Waals surface area (Å²) in [6.45, 7) is 1.83. The first-order chi connectivity index (χ1) is 7.15. The number of benzene rings is 1. The van der Waals surface area contributed by atoms with Crippen molar-refractivity contribution in [2.75, 3.05) is 0 Å². The number of aryl methyl sites for hydroxylation is 1. The minimum Gasteiger partial charge on any atom is -0.294 e. The second kappa shape index (κ2) is 5.31. The molecule has 0 unspecified atom stereocenters. The van der Waals surface area contributed by atoms with Crippen LogP contribution in [0.25, 0.3) is 0 Å². The Morgan fingerprint density at radius 3 is 2.93 bits per heavy atom. The highest BCUT2D eigenvalue weighted by molar-refractivity contribution is 5.96. The molecule has 0 radical (unpaired) electrons. The first-order valence-electron chi connectivity index (χ1n) is 4.88. The van der Waals surface area contributed by atoms with Gasteiger partial charge < -0.3 is 0 Å². The highest BCUT2D eigenvalue weighted by Gasteiger charge is 2.10. The van der Waals surface area contributed by atoms with E-state index in [1.807, 2.05) is 6.92 Å². The van der Waals surface area contributed by atoms with Crippen molar-refractivity contribution in [1.82, 2.24) is 0 Å². The van der Waals surface area contributed by atoms with E-state index < -0.39 is 5.82 Å². The lowest BCUT2D eigenvalue weighted by atomic mass is 10.0. The Hall–Kier alpha value is -1.62. The van der Waals surface area contributed by atoms with Crippen molar-refractivity contribution in [2.45, 2.75) is 26.2 Å². The number of unbranched alkanes of at least 4 members (excludes halogenated alkanes) is 1. The van der Waals surface area contributed by atoms with E-state index in [1.165, 1.54) is 6.07 Å². The van der Waals surface area contributed by atoms with Gasteiger partial charge in [0.25, 0.3) is 0 Å². The zero-order valence-corrected chi connectivity index (χ0v) is 8.72. The lowest BCUT2D eigenvalue weighted by molar-refractivity contribution is 0.0976. The van der Waals surface area contributed by atoms with Gasteiger partial charge in [0.1, 0.15) is 5.82 Å². The minimum atomic E-state index is -0.452. The molecule has 0 saturated carbocycles. The molecule has 1 aromatic rings. The monoisotopic (exact) mass is 204 g/mol. The van der Waals surface area contributed by atoms with Crippen LogP contribution >= 0.6 is 0 Å². The van der Waals surface area contributed by atoms with Gasteiger partial charge in [-0.25, -0.2) is 4.39 Å². The van der Waals surface area contributed by atoms with Crippen LogP contribution in [0.4, 0.5) is 4.39 Å². The van der Waals surface area contributed by atoms with Crippen molar-refractivity contribution in [2.24, 2.45) is 0 Å². The topological polar surface area (TPSA) is 17.1 Å². The highest BCUT2D eigenvalue weighted by Crippen LogP contribution is 2.13. The summed E-state index contributed by atoms with van der Waals surface area (Å²) in [5.41, 5.74) is 1.06. The van der Waals surface area contributed by atoms with Gasteiger partial charge in [-0.05, 0) is 25.5 Å². The van der Waals surface area contributed by atoms with E-state index in [1.54, 1.807) is 12.1 Å². The van der Waals surface area contributed by atoms with E-state index in [4.69, 9.17) is 6.42 Å². The molecule has 2 heteroatoms. The van der Waals surface area contributed by atoms with Crippen LogP contribution in [0.5, 0.6) is 0 Å². The van der Waals surface area contributed by atoms with E-state index >= 15 is 0 Å². The van der Waals surface area contributed by atoms with Crippen LogP contribution in [-0.4, -0.2) is 5.78 Å². The molecular weight excluding hydrogens is 191 g/mol. The predicted molar refractivity (Wildman–Crippen MR) is 58.2 cm³/mol. The molecule has 0 aliphatic rings. The van der Waals surface area contributed by atoms with E-state index in [-0.39, 0.29) is 11.3 Å². The normalized spacial score (nSPS) is 9.67. The second-order valence-electron chi connectivity index (χ2n) is 3.46. The van der Waals surface area contributed by atoms with Gasteiger partial charge in [0, 0.05) is 12.8 Å². The highest BCUT2D eigenvalue weighted by atomic mass is 19.1. The summed E-state index contributed by atoms with van der Waals surface area (Å²) < 4.78 is 13.3. The SMILES string of the molecule is C#CCCCC(=O)c1cc(C)ccc1F. The van der Waals surface area contributed by atoms with Crippen molar-refractivity contribution in [3.8, 4) is 12.3 Å². The summed E-state index contributed by atoms with van der Waals surface area (Å²) in [4.78, 5) is 11.6. The molecule has 0 fully saturated rings. The van der Waals surface area contributed by atoms with Crippen LogP contribution in [0, 0.1) is 25.1 Å². The molecule has 0 spiro atoms. The molecule has 0 heterocycles. The Morgan fingerprint density at radius 1 is 1.53 bits per heavy atom. The Labute approximate surface area is 89.3 Å². The summed E-state index contributed by atoms with van der Waals surface area (Å²) in [5.74, 6) is 1.83. The van der Waals surface area contributed by atoms with Gasteiger partial charge in [0.05, 0.1) is 5.56 Å². The van der Waals surface area contributed by atoms with Crippen molar-refractivity contribution in [1.29, 1.82) is 0 Å². The number of ketones is 1. The van der Waals surface area contributed by atoms with Crippen LogP contribution in [0.1, 0.15) is 35.2 Å². The lowest BCUT2D eigenvalue weighted by Crippen LogP contribution is -2.02. The average Bonchev–Trinajstić information content (AvgIpc) is 2.22. The number of carbonyl (C=O) groups is 1.